The number of nitrogens with one attached hydrogen (secondary N) is 1. The highest BCUT2D eigenvalue weighted by Crippen LogP contribution is 2.33. The Balaban J connectivity index is 1.49. The van der Waals surface area contributed by atoms with Gasteiger partial charge in [-0.3, -0.25) is 0 Å². The number of nitrogens with two attached hydrogens (primary N) is 1. The van der Waals surface area contributed by atoms with Gasteiger partial charge in [0.1, 0.15) is 11.6 Å². The normalized spacial score (nSPS) is 17.9. The van der Waals surface area contributed by atoms with Crippen LogP contribution in [0.1, 0.15) is 25.3 Å². The van der Waals surface area contributed by atoms with Crippen molar-refractivity contribution in [2.45, 2.75) is 26.7 Å². The molecular formula is C28H34N6O2. The Kier molecular flexibility index (Phi) is 7.04. The van der Waals surface area contributed by atoms with Crippen molar-refractivity contribution in [2.75, 3.05) is 55.3 Å². The fraction of sp³-hybridized carbons (Fsp3) is 0.393. The molecule has 36 heavy (non-hydrogen) atoms. The van der Waals surface area contributed by atoms with Gasteiger partial charge in [-0.1, -0.05) is 19.4 Å². The highest BCUT2D eigenvalue weighted by molar-refractivity contribution is 5.91. The first kappa shape index (κ1) is 24.1. The molecule has 0 spiro atoms. The van der Waals surface area contributed by atoms with Crippen LogP contribution in [0.3, 0.4) is 0 Å². The highest BCUT2D eigenvalue weighted by Gasteiger charge is 2.25. The second-order valence-corrected chi connectivity index (χ2v) is 9.64. The Morgan fingerprint density at radius 1 is 1.11 bits per heavy atom. The minimum Gasteiger partial charge on any atom is -0.384 e. The quantitative estimate of drug-likeness (QED) is 0.538. The number of rotatable bonds is 5. The maximum atomic E-state index is 12.9. The maximum Gasteiger partial charge on any atom is 0.321 e. The van der Waals surface area contributed by atoms with E-state index in [4.69, 9.17) is 15.5 Å². The molecule has 2 aliphatic rings. The Bertz CT molecular complexity index is 1240. The van der Waals surface area contributed by atoms with E-state index in [1.807, 2.05) is 23.1 Å². The van der Waals surface area contributed by atoms with E-state index >= 15 is 0 Å². The molecule has 3 N–H and O–H groups in total. The van der Waals surface area contributed by atoms with Crippen LogP contribution in [0, 0.1) is 12.8 Å². The number of likely N-dealkylation sites (tertiary alicyclic amines) is 1. The van der Waals surface area contributed by atoms with Crippen LogP contribution in [0.25, 0.3) is 22.4 Å². The number of aromatic nitrogens is 2. The van der Waals surface area contributed by atoms with E-state index in [0.29, 0.717) is 24.9 Å². The third-order valence-corrected chi connectivity index (χ3v) is 7.17. The minimum absolute atomic E-state index is 0.0302. The molecule has 8 nitrogen and oxygen atoms in total. The number of ether oxygens (including phenoxy) is 1. The number of hydrogen-bond acceptors (Lipinski definition) is 6. The summed E-state index contributed by atoms with van der Waals surface area (Å²) < 4.78 is 5.56. The number of hydrogen-bond donors (Lipinski definition) is 2. The van der Waals surface area contributed by atoms with Crippen molar-refractivity contribution >= 4 is 23.4 Å². The summed E-state index contributed by atoms with van der Waals surface area (Å²) in [7, 11) is 0. The molecule has 0 bridgehead atoms. The third kappa shape index (κ3) is 5.28. The van der Waals surface area contributed by atoms with Crippen LogP contribution in [0.5, 0.6) is 0 Å². The Morgan fingerprint density at radius 2 is 1.94 bits per heavy atom. The number of benzene rings is 1. The van der Waals surface area contributed by atoms with Gasteiger partial charge in [-0.05, 0) is 72.4 Å². The third-order valence-electron chi connectivity index (χ3n) is 7.17. The van der Waals surface area contributed by atoms with E-state index in [2.05, 4.69) is 53.3 Å². The molecular weight excluding hydrogens is 452 g/mol. The molecule has 2 amide bonds. The highest BCUT2D eigenvalue weighted by atomic mass is 16.5. The van der Waals surface area contributed by atoms with Gasteiger partial charge in [0.2, 0.25) is 0 Å². The van der Waals surface area contributed by atoms with Crippen molar-refractivity contribution in [1.82, 2.24) is 14.9 Å². The second-order valence-electron chi connectivity index (χ2n) is 9.64. The van der Waals surface area contributed by atoms with Gasteiger partial charge in [-0.25, -0.2) is 14.8 Å². The van der Waals surface area contributed by atoms with Crippen LogP contribution < -0.4 is 16.0 Å². The second kappa shape index (κ2) is 10.5. The molecule has 0 saturated carbocycles. The van der Waals surface area contributed by atoms with Gasteiger partial charge in [0.25, 0.3) is 0 Å². The first-order valence-electron chi connectivity index (χ1n) is 12.7. The number of aryl methyl sites for hydroxylation is 1. The molecule has 2 aliphatic heterocycles. The lowest BCUT2D eigenvalue weighted by Gasteiger charge is -2.28. The van der Waals surface area contributed by atoms with Gasteiger partial charge in [0, 0.05) is 43.6 Å². The maximum absolute atomic E-state index is 12.9. The Hall–Kier alpha value is -3.65. The molecule has 5 rings (SSSR count). The van der Waals surface area contributed by atoms with Gasteiger partial charge in [0.15, 0.2) is 0 Å². The zero-order valence-corrected chi connectivity index (χ0v) is 21.0. The van der Waals surface area contributed by atoms with E-state index in [-0.39, 0.29) is 6.03 Å². The largest absolute Gasteiger partial charge is 0.384 e. The first-order chi connectivity index (χ1) is 17.5. The van der Waals surface area contributed by atoms with Crippen LogP contribution in [-0.4, -0.2) is 60.3 Å². The zero-order chi connectivity index (χ0) is 25.1. The number of pyridine rings is 2. The molecule has 188 valence electrons. The molecule has 2 fully saturated rings. The van der Waals surface area contributed by atoms with Crippen molar-refractivity contribution in [1.29, 1.82) is 0 Å². The number of nitrogens with zero attached hydrogens (tertiary/aromatic N) is 4. The van der Waals surface area contributed by atoms with Gasteiger partial charge in [-0.15, -0.1) is 0 Å². The molecule has 3 aromatic rings. The van der Waals surface area contributed by atoms with E-state index in [0.717, 1.165) is 78.5 Å². The average Bonchev–Trinajstić information content (AvgIpc) is 3.40. The Morgan fingerprint density at radius 3 is 2.69 bits per heavy atom. The smallest absolute Gasteiger partial charge is 0.321 e. The predicted octanol–water partition coefficient (Wildman–Crippen LogP) is 4.80. The van der Waals surface area contributed by atoms with E-state index < -0.39 is 0 Å². The van der Waals surface area contributed by atoms with Gasteiger partial charge < -0.3 is 25.6 Å². The fourth-order valence-electron chi connectivity index (χ4n) is 4.95. The number of anilines is 3. The first-order valence-corrected chi connectivity index (χ1v) is 12.7. The van der Waals surface area contributed by atoms with Crippen molar-refractivity contribution in [3.8, 4) is 22.4 Å². The van der Waals surface area contributed by atoms with Gasteiger partial charge in [-0.2, -0.15) is 0 Å². The number of morpholine rings is 1. The van der Waals surface area contributed by atoms with Gasteiger partial charge >= 0.3 is 6.03 Å². The van der Waals surface area contributed by atoms with Crippen molar-refractivity contribution in [2.24, 2.45) is 5.92 Å². The lowest BCUT2D eigenvalue weighted by Crippen LogP contribution is -2.36. The summed E-state index contributed by atoms with van der Waals surface area (Å²) in [5, 5.41) is 3.12. The SMILES string of the molecule is CC[C@@H]1CCN(C(=O)Nc2ccc(C)c(-c3cc(-c4ccnc(N)c4)nc(N4CCOCC4)c3)c2)C1. The van der Waals surface area contributed by atoms with Crippen LogP contribution >= 0.6 is 0 Å². The van der Waals surface area contributed by atoms with Gasteiger partial charge in [0.05, 0.1) is 18.9 Å². The Labute approximate surface area is 212 Å². The average molecular weight is 487 g/mol. The molecule has 1 aromatic carbocycles. The molecule has 2 saturated heterocycles. The summed E-state index contributed by atoms with van der Waals surface area (Å²) >= 11 is 0. The van der Waals surface area contributed by atoms with Crippen LogP contribution in [0.15, 0.2) is 48.7 Å². The van der Waals surface area contributed by atoms with E-state index in [1.54, 1.807) is 6.20 Å². The topological polar surface area (TPSA) is 96.6 Å². The lowest BCUT2D eigenvalue weighted by atomic mass is 9.98. The van der Waals surface area contributed by atoms with Crippen LogP contribution in [0.4, 0.5) is 22.1 Å². The van der Waals surface area contributed by atoms with Crippen molar-refractivity contribution in [3.63, 3.8) is 0 Å². The van der Waals surface area contributed by atoms with E-state index in [9.17, 15) is 4.79 Å². The number of carbonyl (C=O) groups excluding carboxylic acids is 1. The summed E-state index contributed by atoms with van der Waals surface area (Å²) in [5.41, 5.74) is 11.7. The summed E-state index contributed by atoms with van der Waals surface area (Å²) in [6, 6.07) is 14.0. The number of amides is 2. The lowest BCUT2D eigenvalue weighted by molar-refractivity contribution is 0.122. The molecule has 0 radical (unpaired) electrons. The zero-order valence-electron chi connectivity index (χ0n) is 21.0. The monoisotopic (exact) mass is 486 g/mol. The van der Waals surface area contributed by atoms with E-state index in [1.165, 1.54) is 0 Å². The molecule has 2 aromatic heterocycles. The van der Waals surface area contributed by atoms with Crippen molar-refractivity contribution < 1.29 is 9.53 Å². The summed E-state index contributed by atoms with van der Waals surface area (Å²) in [6.07, 6.45) is 3.89. The minimum atomic E-state index is -0.0302. The molecule has 8 heteroatoms. The molecule has 0 unspecified atom stereocenters. The predicted molar refractivity (Wildman–Crippen MR) is 144 cm³/mol. The van der Waals surface area contributed by atoms with Crippen LogP contribution in [-0.2, 0) is 4.74 Å². The standard InChI is InChI=1S/C28H34N6O2/c1-3-20-7-9-34(18-20)28(35)31-23-5-4-19(2)24(17-23)22-14-25(21-6-8-30-26(29)15-21)32-27(16-22)33-10-12-36-13-11-33/h4-6,8,14-17,20H,3,7,9-13,18H2,1-2H3,(H2,29,30)(H,31,35)/t20-/m1/s1. The molecule has 0 aliphatic carbocycles. The fourth-order valence-corrected chi connectivity index (χ4v) is 4.95. The number of urea groups is 1. The summed E-state index contributed by atoms with van der Waals surface area (Å²) in [4.78, 5) is 26.2. The molecule has 4 heterocycles. The summed E-state index contributed by atoms with van der Waals surface area (Å²) in [6.45, 7) is 8.86. The molecule has 1 atom stereocenters. The number of carbonyl (C=O) groups is 1. The van der Waals surface area contributed by atoms with Crippen molar-refractivity contribution in [3.05, 3.63) is 54.2 Å². The summed E-state index contributed by atoms with van der Waals surface area (Å²) in [5.74, 6) is 1.96. The van der Waals surface area contributed by atoms with Crippen LogP contribution in [0.2, 0.25) is 0 Å². The number of nitrogen functional groups attached to an aromatic ring is 1.